The Morgan fingerprint density at radius 2 is 1.39 bits per heavy atom. The van der Waals surface area contributed by atoms with Gasteiger partial charge in [0.25, 0.3) is 0 Å². The van der Waals surface area contributed by atoms with Crippen molar-refractivity contribution in [2.24, 2.45) is 0 Å². The average molecular weight is 239 g/mol. The highest BCUT2D eigenvalue weighted by Crippen LogP contribution is 2.09. The third kappa shape index (κ3) is 4.70. The summed E-state index contributed by atoms with van der Waals surface area (Å²) in [6, 6.07) is 16.9. The maximum absolute atomic E-state index is 4.34. The van der Waals surface area contributed by atoms with Gasteiger partial charge in [-0.3, -0.25) is 4.98 Å². The lowest BCUT2D eigenvalue weighted by Gasteiger charge is -2.02. The molecular formula is C17H21N. The summed E-state index contributed by atoms with van der Waals surface area (Å²) < 4.78 is 0. The number of aromatic nitrogens is 1. The second kappa shape index (κ2) is 7.65. The van der Waals surface area contributed by atoms with Gasteiger partial charge in [0.05, 0.1) is 0 Å². The minimum absolute atomic E-state index is 1.12. The first kappa shape index (κ1) is 12.8. The highest BCUT2D eigenvalue weighted by Gasteiger charge is 1.95. The molecule has 2 rings (SSSR count). The molecule has 0 amide bonds. The summed E-state index contributed by atoms with van der Waals surface area (Å²) in [5, 5.41) is 0. The van der Waals surface area contributed by atoms with Crippen molar-refractivity contribution in [2.75, 3.05) is 0 Å². The fourth-order valence-corrected chi connectivity index (χ4v) is 2.18. The van der Waals surface area contributed by atoms with E-state index in [1.165, 1.54) is 43.4 Å². The normalized spacial score (nSPS) is 10.4. The van der Waals surface area contributed by atoms with E-state index < -0.39 is 0 Å². The summed E-state index contributed by atoms with van der Waals surface area (Å²) in [5.74, 6) is 0. The Kier molecular flexibility index (Phi) is 5.45. The van der Waals surface area contributed by atoms with Crippen LogP contribution in [0.25, 0.3) is 0 Å². The molecule has 0 saturated carbocycles. The molecule has 1 aromatic heterocycles. The molecule has 0 bridgehead atoms. The van der Waals surface area contributed by atoms with Crippen LogP contribution in [0.1, 0.15) is 36.9 Å². The van der Waals surface area contributed by atoms with E-state index in [1.807, 2.05) is 12.3 Å². The lowest BCUT2D eigenvalue weighted by molar-refractivity contribution is 0.636. The molecule has 0 radical (unpaired) electrons. The highest BCUT2D eigenvalue weighted by molar-refractivity contribution is 5.14. The van der Waals surface area contributed by atoms with Crippen LogP contribution >= 0.6 is 0 Å². The standard InChI is InChI=1S/C17H21N/c1(4-10-16-11-5-3-6-12-16)2-7-13-17-14-8-9-15-18-17/h3,5-6,8-9,11-12,14-15H,1-2,4,7,10,13H2. The van der Waals surface area contributed by atoms with E-state index in [4.69, 9.17) is 0 Å². The van der Waals surface area contributed by atoms with Gasteiger partial charge < -0.3 is 0 Å². The van der Waals surface area contributed by atoms with Crippen LogP contribution in [0.15, 0.2) is 54.7 Å². The van der Waals surface area contributed by atoms with Crippen molar-refractivity contribution in [1.82, 2.24) is 4.98 Å². The molecule has 18 heavy (non-hydrogen) atoms. The van der Waals surface area contributed by atoms with Crippen LogP contribution in [0, 0.1) is 0 Å². The van der Waals surface area contributed by atoms with Gasteiger partial charge in [0, 0.05) is 11.9 Å². The van der Waals surface area contributed by atoms with Gasteiger partial charge in [-0.1, -0.05) is 49.2 Å². The van der Waals surface area contributed by atoms with E-state index in [1.54, 1.807) is 0 Å². The fraction of sp³-hybridized carbons (Fsp3) is 0.353. The molecule has 94 valence electrons. The molecule has 2 aromatic rings. The Labute approximate surface area is 110 Å². The highest BCUT2D eigenvalue weighted by atomic mass is 14.7. The van der Waals surface area contributed by atoms with Crippen LogP contribution in [-0.2, 0) is 12.8 Å². The minimum atomic E-state index is 1.12. The smallest absolute Gasteiger partial charge is 0.0403 e. The molecule has 1 heterocycles. The first-order valence-electron chi connectivity index (χ1n) is 6.89. The van der Waals surface area contributed by atoms with Crippen molar-refractivity contribution in [3.63, 3.8) is 0 Å². The molecular weight excluding hydrogens is 218 g/mol. The SMILES string of the molecule is c1ccc(CCCCCCc2ccccn2)cc1. The molecule has 0 unspecified atom stereocenters. The summed E-state index contributed by atoms with van der Waals surface area (Å²) in [7, 11) is 0. The van der Waals surface area contributed by atoms with Gasteiger partial charge in [0.1, 0.15) is 0 Å². The van der Waals surface area contributed by atoms with Crippen molar-refractivity contribution in [3.8, 4) is 0 Å². The molecule has 0 N–H and O–H groups in total. The third-order valence-electron chi connectivity index (χ3n) is 3.22. The molecule has 1 nitrogen and oxygen atoms in total. The number of nitrogens with zero attached hydrogens (tertiary/aromatic N) is 1. The molecule has 0 fully saturated rings. The van der Waals surface area contributed by atoms with Crippen LogP contribution in [0.2, 0.25) is 0 Å². The second-order valence-electron chi connectivity index (χ2n) is 4.72. The fourth-order valence-electron chi connectivity index (χ4n) is 2.18. The summed E-state index contributed by atoms with van der Waals surface area (Å²) in [6.07, 6.45) is 9.39. The van der Waals surface area contributed by atoms with E-state index in [2.05, 4.69) is 47.4 Å². The van der Waals surface area contributed by atoms with Crippen molar-refractivity contribution in [1.29, 1.82) is 0 Å². The largest absolute Gasteiger partial charge is 0.261 e. The van der Waals surface area contributed by atoms with Gasteiger partial charge in [0.2, 0.25) is 0 Å². The van der Waals surface area contributed by atoms with Crippen molar-refractivity contribution >= 4 is 0 Å². The Morgan fingerprint density at radius 3 is 2.11 bits per heavy atom. The second-order valence-corrected chi connectivity index (χ2v) is 4.72. The first-order valence-corrected chi connectivity index (χ1v) is 6.89. The molecule has 1 heteroatoms. The number of unbranched alkanes of at least 4 members (excludes halogenated alkanes) is 3. The predicted molar refractivity (Wildman–Crippen MR) is 76.6 cm³/mol. The summed E-state index contributed by atoms with van der Waals surface area (Å²) in [4.78, 5) is 4.34. The Hall–Kier alpha value is -1.63. The zero-order valence-electron chi connectivity index (χ0n) is 10.9. The van der Waals surface area contributed by atoms with E-state index in [9.17, 15) is 0 Å². The van der Waals surface area contributed by atoms with Crippen LogP contribution in [-0.4, -0.2) is 4.98 Å². The van der Waals surface area contributed by atoms with E-state index in [0.29, 0.717) is 0 Å². The maximum atomic E-state index is 4.34. The van der Waals surface area contributed by atoms with Crippen LogP contribution in [0.5, 0.6) is 0 Å². The lowest BCUT2D eigenvalue weighted by atomic mass is 10.0. The van der Waals surface area contributed by atoms with Crippen LogP contribution < -0.4 is 0 Å². The summed E-state index contributed by atoms with van der Waals surface area (Å²) in [5.41, 5.74) is 2.68. The van der Waals surface area contributed by atoms with Gasteiger partial charge in [0.15, 0.2) is 0 Å². The number of pyridine rings is 1. The number of rotatable bonds is 7. The third-order valence-corrected chi connectivity index (χ3v) is 3.22. The molecule has 0 saturated heterocycles. The molecule has 1 aromatic carbocycles. The van der Waals surface area contributed by atoms with E-state index in [-0.39, 0.29) is 0 Å². The van der Waals surface area contributed by atoms with E-state index >= 15 is 0 Å². The molecule has 0 aliphatic heterocycles. The van der Waals surface area contributed by atoms with Gasteiger partial charge in [-0.2, -0.15) is 0 Å². The van der Waals surface area contributed by atoms with Gasteiger partial charge >= 0.3 is 0 Å². The van der Waals surface area contributed by atoms with Crippen LogP contribution in [0.4, 0.5) is 0 Å². The molecule has 0 aliphatic rings. The quantitative estimate of drug-likeness (QED) is 0.651. The minimum Gasteiger partial charge on any atom is -0.261 e. The van der Waals surface area contributed by atoms with Crippen LogP contribution in [0.3, 0.4) is 0 Å². The van der Waals surface area contributed by atoms with E-state index in [0.717, 1.165) is 6.42 Å². The number of benzene rings is 1. The monoisotopic (exact) mass is 239 g/mol. The zero-order chi connectivity index (χ0) is 12.5. The number of hydrogen-bond acceptors (Lipinski definition) is 1. The van der Waals surface area contributed by atoms with Gasteiger partial charge in [-0.25, -0.2) is 0 Å². The predicted octanol–water partition coefficient (Wildman–Crippen LogP) is 4.43. The summed E-state index contributed by atoms with van der Waals surface area (Å²) in [6.45, 7) is 0. The Bertz CT molecular complexity index is 378. The number of aryl methyl sites for hydroxylation is 2. The van der Waals surface area contributed by atoms with Crippen molar-refractivity contribution in [3.05, 3.63) is 66.0 Å². The molecule has 0 spiro atoms. The molecule has 0 atom stereocenters. The summed E-state index contributed by atoms with van der Waals surface area (Å²) >= 11 is 0. The topological polar surface area (TPSA) is 12.9 Å². The Balaban J connectivity index is 1.54. The average Bonchev–Trinajstić information content (AvgIpc) is 2.45. The van der Waals surface area contributed by atoms with Gasteiger partial charge in [-0.05, 0) is 43.4 Å². The van der Waals surface area contributed by atoms with Crippen molar-refractivity contribution < 1.29 is 0 Å². The zero-order valence-corrected chi connectivity index (χ0v) is 10.9. The number of hydrogen-bond donors (Lipinski definition) is 0. The van der Waals surface area contributed by atoms with Crippen molar-refractivity contribution in [2.45, 2.75) is 38.5 Å². The Morgan fingerprint density at radius 1 is 0.667 bits per heavy atom. The maximum Gasteiger partial charge on any atom is 0.0403 e. The molecule has 0 aliphatic carbocycles. The van der Waals surface area contributed by atoms with Gasteiger partial charge in [-0.15, -0.1) is 0 Å². The lowest BCUT2D eigenvalue weighted by Crippen LogP contribution is -1.90. The first-order chi connectivity index (χ1) is 8.95.